The van der Waals surface area contributed by atoms with Crippen LogP contribution in [-0.2, 0) is 4.79 Å². The fraction of sp³-hybridized carbons (Fsp3) is 0.304. The van der Waals surface area contributed by atoms with Crippen LogP contribution in [0.1, 0.15) is 44.5 Å². The predicted molar refractivity (Wildman–Crippen MR) is 126 cm³/mol. The summed E-state index contributed by atoms with van der Waals surface area (Å²) in [7, 11) is 1.46. The molecule has 1 aromatic heterocycles. The molecule has 3 rings (SSSR count). The van der Waals surface area contributed by atoms with Gasteiger partial charge in [-0.3, -0.25) is 4.79 Å². The molecule has 1 heterocycles. The number of carbonyl (C=O) groups is 1. The molecule has 0 amide bonds. The van der Waals surface area contributed by atoms with E-state index in [1.807, 2.05) is 26.0 Å². The van der Waals surface area contributed by atoms with Gasteiger partial charge in [0.1, 0.15) is 5.82 Å². The van der Waals surface area contributed by atoms with Gasteiger partial charge in [-0.15, -0.1) is 0 Å². The lowest BCUT2D eigenvalue weighted by molar-refractivity contribution is -0.144. The number of rotatable bonds is 8. The molecule has 0 aliphatic heterocycles. The number of nitrogens with zero attached hydrogens (tertiary/aromatic N) is 3. The first kappa shape index (κ1) is 23.5. The van der Waals surface area contributed by atoms with E-state index in [-0.39, 0.29) is 11.5 Å². The van der Waals surface area contributed by atoms with E-state index in [4.69, 9.17) is 14.6 Å². The van der Waals surface area contributed by atoms with Crippen molar-refractivity contribution in [3.63, 3.8) is 0 Å². The number of hydrogen-bond acceptors (Lipinski definition) is 6. The van der Waals surface area contributed by atoms with Gasteiger partial charge in [0, 0.05) is 10.4 Å². The number of carboxylic acid groups (broad SMARTS) is 1. The van der Waals surface area contributed by atoms with Crippen LogP contribution >= 0.6 is 15.9 Å². The number of methoxy groups -OCH3 is 1. The molecular weight excluding hydrogens is 478 g/mol. The van der Waals surface area contributed by atoms with Crippen molar-refractivity contribution in [3.05, 3.63) is 62.6 Å². The van der Waals surface area contributed by atoms with Gasteiger partial charge >= 0.3 is 5.97 Å². The van der Waals surface area contributed by atoms with E-state index < -0.39 is 12.1 Å². The summed E-state index contributed by atoms with van der Waals surface area (Å²) in [4.78, 5) is 28.9. The van der Waals surface area contributed by atoms with E-state index in [1.54, 1.807) is 24.3 Å². The summed E-state index contributed by atoms with van der Waals surface area (Å²) >= 11 is 3.40. The molecule has 0 aliphatic carbocycles. The van der Waals surface area contributed by atoms with Crippen molar-refractivity contribution in [3.8, 4) is 11.5 Å². The molecule has 3 aromatic rings. The second kappa shape index (κ2) is 9.95. The highest BCUT2D eigenvalue weighted by Crippen LogP contribution is 2.28. The first-order chi connectivity index (χ1) is 15.2. The van der Waals surface area contributed by atoms with Crippen molar-refractivity contribution < 1.29 is 19.4 Å². The molecule has 0 unspecified atom stereocenters. The van der Waals surface area contributed by atoms with Crippen LogP contribution in [0, 0.1) is 0 Å². The Balaban J connectivity index is 2.04. The monoisotopic (exact) mass is 501 g/mol. The van der Waals surface area contributed by atoms with Crippen molar-refractivity contribution in [2.24, 2.45) is 5.10 Å². The van der Waals surface area contributed by atoms with E-state index >= 15 is 0 Å². The third kappa shape index (κ3) is 4.99. The summed E-state index contributed by atoms with van der Waals surface area (Å²) in [5.41, 5.74) is 1.01. The Kier molecular flexibility index (Phi) is 7.29. The largest absolute Gasteiger partial charge is 0.493 e. The van der Waals surface area contributed by atoms with Crippen molar-refractivity contribution >= 4 is 39.0 Å². The molecule has 2 atom stereocenters. The standard InChI is InChI=1S/C23H24BrN3O5/c1-5-13(2)21-26-18-8-7-16(24)11-17(18)22(28)27(21)25-12-15-6-9-19(20(10-15)31-4)32-14(3)23(29)30/h6-14H,5H2,1-4H3,(H,29,30)/t13-,14-/m1/s1. The number of ether oxygens (including phenoxy) is 2. The molecule has 0 spiro atoms. The van der Waals surface area contributed by atoms with Gasteiger partial charge in [-0.1, -0.05) is 29.8 Å². The molecule has 0 bridgehead atoms. The number of aliphatic carboxylic acids is 1. The summed E-state index contributed by atoms with van der Waals surface area (Å²) < 4.78 is 12.9. The summed E-state index contributed by atoms with van der Waals surface area (Å²) in [5.74, 6) is 0.179. The SMILES string of the molecule is CC[C@@H](C)c1nc2ccc(Br)cc2c(=O)n1N=Cc1ccc(O[C@H](C)C(=O)O)c(OC)c1. The lowest BCUT2D eigenvalue weighted by Gasteiger charge is -2.15. The Morgan fingerprint density at radius 2 is 2.00 bits per heavy atom. The first-order valence-electron chi connectivity index (χ1n) is 10.1. The number of fused-ring (bicyclic) bond motifs is 1. The number of halogens is 1. The molecule has 2 aromatic carbocycles. The Hall–Kier alpha value is -3.20. The maximum absolute atomic E-state index is 13.2. The minimum absolute atomic E-state index is 0.0238. The van der Waals surface area contributed by atoms with E-state index in [0.29, 0.717) is 33.8 Å². The topological polar surface area (TPSA) is 103 Å². The zero-order chi connectivity index (χ0) is 23.4. The fourth-order valence-corrected chi connectivity index (χ4v) is 3.37. The average molecular weight is 502 g/mol. The Labute approximate surface area is 193 Å². The quantitative estimate of drug-likeness (QED) is 0.458. The second-order valence-electron chi connectivity index (χ2n) is 7.31. The summed E-state index contributed by atoms with van der Waals surface area (Å²) in [6.07, 6.45) is 1.31. The van der Waals surface area contributed by atoms with Crippen LogP contribution in [0.5, 0.6) is 11.5 Å². The first-order valence-corrected chi connectivity index (χ1v) is 10.9. The zero-order valence-corrected chi connectivity index (χ0v) is 19.8. The van der Waals surface area contributed by atoms with Crippen LogP contribution in [0.3, 0.4) is 0 Å². The summed E-state index contributed by atoms with van der Waals surface area (Å²) in [6.45, 7) is 5.46. The van der Waals surface area contributed by atoms with E-state index in [9.17, 15) is 9.59 Å². The molecule has 0 radical (unpaired) electrons. The molecule has 9 heteroatoms. The van der Waals surface area contributed by atoms with E-state index in [1.165, 1.54) is 24.9 Å². The van der Waals surface area contributed by atoms with E-state index in [2.05, 4.69) is 26.0 Å². The number of carboxylic acids is 1. The number of hydrogen-bond donors (Lipinski definition) is 1. The van der Waals surface area contributed by atoms with Crippen molar-refractivity contribution in [1.29, 1.82) is 0 Å². The van der Waals surface area contributed by atoms with Crippen LogP contribution in [0.25, 0.3) is 10.9 Å². The maximum atomic E-state index is 13.2. The third-order valence-electron chi connectivity index (χ3n) is 5.05. The lowest BCUT2D eigenvalue weighted by atomic mass is 10.1. The minimum atomic E-state index is -1.08. The van der Waals surface area contributed by atoms with Crippen molar-refractivity contribution in [2.75, 3.05) is 7.11 Å². The molecule has 0 saturated carbocycles. The van der Waals surface area contributed by atoms with Gasteiger partial charge in [0.05, 0.1) is 24.2 Å². The van der Waals surface area contributed by atoms with Gasteiger partial charge in [0.2, 0.25) is 0 Å². The van der Waals surface area contributed by atoms with Gasteiger partial charge in [-0.25, -0.2) is 9.78 Å². The molecule has 0 fully saturated rings. The smallest absolute Gasteiger partial charge is 0.344 e. The summed E-state index contributed by atoms with van der Waals surface area (Å²) in [5, 5.41) is 13.9. The molecular formula is C23H24BrN3O5. The van der Waals surface area contributed by atoms with E-state index in [0.717, 1.165) is 10.9 Å². The zero-order valence-electron chi connectivity index (χ0n) is 18.2. The maximum Gasteiger partial charge on any atom is 0.344 e. The van der Waals surface area contributed by atoms with Crippen LogP contribution in [0.2, 0.25) is 0 Å². The van der Waals surface area contributed by atoms with Crippen LogP contribution in [0.4, 0.5) is 0 Å². The predicted octanol–water partition coefficient (Wildman–Crippen LogP) is 4.42. The molecule has 1 N–H and O–H groups in total. The van der Waals surface area contributed by atoms with Gasteiger partial charge in [0.25, 0.3) is 5.56 Å². The number of benzene rings is 2. The Morgan fingerprint density at radius 1 is 1.25 bits per heavy atom. The third-order valence-corrected chi connectivity index (χ3v) is 5.54. The van der Waals surface area contributed by atoms with Crippen LogP contribution in [0.15, 0.2) is 50.8 Å². The van der Waals surface area contributed by atoms with Gasteiger partial charge in [-0.2, -0.15) is 9.78 Å². The highest BCUT2D eigenvalue weighted by molar-refractivity contribution is 9.10. The fourth-order valence-electron chi connectivity index (χ4n) is 3.01. The second-order valence-corrected chi connectivity index (χ2v) is 8.23. The normalized spacial score (nSPS) is 13.3. The van der Waals surface area contributed by atoms with Gasteiger partial charge in [0.15, 0.2) is 17.6 Å². The average Bonchev–Trinajstić information content (AvgIpc) is 2.78. The van der Waals surface area contributed by atoms with Gasteiger partial charge < -0.3 is 14.6 Å². The highest BCUT2D eigenvalue weighted by atomic mass is 79.9. The Bertz CT molecular complexity index is 1240. The van der Waals surface area contributed by atoms with Crippen LogP contribution < -0.4 is 15.0 Å². The lowest BCUT2D eigenvalue weighted by Crippen LogP contribution is -2.24. The van der Waals surface area contributed by atoms with Crippen molar-refractivity contribution in [1.82, 2.24) is 9.66 Å². The number of aromatic nitrogens is 2. The molecule has 0 aliphatic rings. The van der Waals surface area contributed by atoms with Crippen LogP contribution in [-0.4, -0.2) is 40.2 Å². The summed E-state index contributed by atoms with van der Waals surface area (Å²) in [6, 6.07) is 10.4. The minimum Gasteiger partial charge on any atom is -0.493 e. The Morgan fingerprint density at radius 3 is 2.66 bits per heavy atom. The van der Waals surface area contributed by atoms with Gasteiger partial charge in [-0.05, 0) is 55.3 Å². The highest BCUT2D eigenvalue weighted by Gasteiger charge is 2.17. The molecule has 168 valence electrons. The molecule has 8 nitrogen and oxygen atoms in total. The van der Waals surface area contributed by atoms with Crippen molar-refractivity contribution in [2.45, 2.75) is 39.2 Å². The molecule has 0 saturated heterocycles. The molecule has 32 heavy (non-hydrogen) atoms.